The summed E-state index contributed by atoms with van der Waals surface area (Å²) in [7, 11) is 0. The van der Waals surface area contributed by atoms with Crippen LogP contribution >= 0.6 is 0 Å². The molecule has 2 aromatic rings. The van der Waals surface area contributed by atoms with Gasteiger partial charge < -0.3 is 19.1 Å². The smallest absolute Gasteiger partial charge is 0.259 e. The molecule has 0 unspecified atom stereocenters. The number of likely N-dealkylation sites (tertiary alicyclic amines) is 1. The molecule has 0 radical (unpaired) electrons. The van der Waals surface area contributed by atoms with Crippen molar-refractivity contribution in [3.63, 3.8) is 0 Å². The zero-order valence-corrected chi connectivity index (χ0v) is 16.5. The number of amides is 2. The summed E-state index contributed by atoms with van der Waals surface area (Å²) in [6.45, 7) is 7.35. The Bertz CT molecular complexity index is 893. The molecule has 7 heteroatoms. The third kappa shape index (κ3) is 3.25. The van der Waals surface area contributed by atoms with Gasteiger partial charge in [0.05, 0.1) is 12.2 Å². The van der Waals surface area contributed by atoms with Crippen LogP contribution in [0.4, 0.5) is 0 Å². The van der Waals surface area contributed by atoms with Crippen LogP contribution in [-0.2, 0) is 11.3 Å². The van der Waals surface area contributed by atoms with Gasteiger partial charge in [0.2, 0.25) is 5.91 Å². The Balaban J connectivity index is 1.55. The van der Waals surface area contributed by atoms with Gasteiger partial charge in [0, 0.05) is 45.0 Å². The second-order valence-electron chi connectivity index (χ2n) is 7.76. The van der Waals surface area contributed by atoms with Gasteiger partial charge >= 0.3 is 0 Å². The summed E-state index contributed by atoms with van der Waals surface area (Å²) in [6.07, 6.45) is 1.33. The highest BCUT2D eigenvalue weighted by Gasteiger charge is 2.42. The zero-order chi connectivity index (χ0) is 19.9. The molecule has 1 spiro atoms. The molecule has 0 bridgehead atoms. The molecule has 1 aromatic heterocycles. The molecule has 0 atom stereocenters. The molecule has 1 fully saturated rings. The van der Waals surface area contributed by atoms with Gasteiger partial charge in [-0.25, -0.2) is 0 Å². The molecular weight excluding hydrogens is 358 g/mol. The molecule has 7 nitrogen and oxygen atoms in total. The third-order valence-electron chi connectivity index (χ3n) is 5.79. The second-order valence-corrected chi connectivity index (χ2v) is 7.76. The first kappa shape index (κ1) is 18.5. The summed E-state index contributed by atoms with van der Waals surface area (Å²) >= 11 is 0. The largest absolute Gasteiger partial charge is 0.485 e. The minimum Gasteiger partial charge on any atom is -0.485 e. The van der Waals surface area contributed by atoms with Gasteiger partial charge in [-0.3, -0.25) is 9.59 Å². The van der Waals surface area contributed by atoms with Crippen molar-refractivity contribution in [3.8, 4) is 5.75 Å². The van der Waals surface area contributed by atoms with E-state index in [1.807, 2.05) is 34.1 Å². The second kappa shape index (κ2) is 6.96. The van der Waals surface area contributed by atoms with E-state index in [1.54, 1.807) is 20.8 Å². The summed E-state index contributed by atoms with van der Waals surface area (Å²) in [5.41, 5.74) is 1.70. The van der Waals surface area contributed by atoms with E-state index in [4.69, 9.17) is 9.26 Å². The topological polar surface area (TPSA) is 75.9 Å². The van der Waals surface area contributed by atoms with Gasteiger partial charge in [-0.1, -0.05) is 23.4 Å². The lowest BCUT2D eigenvalue weighted by Gasteiger charge is -2.42. The lowest BCUT2D eigenvalue weighted by molar-refractivity contribution is -0.132. The van der Waals surface area contributed by atoms with Crippen LogP contribution < -0.4 is 4.74 Å². The van der Waals surface area contributed by atoms with E-state index >= 15 is 0 Å². The Labute approximate surface area is 164 Å². The van der Waals surface area contributed by atoms with E-state index in [-0.39, 0.29) is 11.8 Å². The predicted octanol–water partition coefficient (Wildman–Crippen LogP) is 2.71. The molecule has 0 saturated carbocycles. The van der Waals surface area contributed by atoms with E-state index in [0.29, 0.717) is 56.0 Å². The van der Waals surface area contributed by atoms with Crippen LogP contribution in [0.1, 0.15) is 47.1 Å². The first-order chi connectivity index (χ1) is 13.4. The molecule has 1 aromatic carbocycles. The average molecular weight is 383 g/mol. The number of rotatable bonds is 1. The summed E-state index contributed by atoms with van der Waals surface area (Å²) in [6, 6.07) is 7.87. The molecule has 1 saturated heterocycles. The van der Waals surface area contributed by atoms with Crippen LogP contribution in [0.5, 0.6) is 5.75 Å². The highest BCUT2D eigenvalue weighted by Crippen LogP contribution is 2.36. The van der Waals surface area contributed by atoms with E-state index in [0.717, 1.165) is 11.3 Å². The van der Waals surface area contributed by atoms with Crippen LogP contribution in [-0.4, -0.2) is 52.0 Å². The number of hydrogen-bond acceptors (Lipinski definition) is 5. The molecule has 2 aliphatic rings. The summed E-state index contributed by atoms with van der Waals surface area (Å²) in [5, 5.41) is 3.89. The number of carbonyl (C=O) groups is 2. The van der Waals surface area contributed by atoms with E-state index in [1.165, 1.54) is 0 Å². The summed E-state index contributed by atoms with van der Waals surface area (Å²) in [5.74, 6) is 1.36. The Morgan fingerprint density at radius 3 is 2.46 bits per heavy atom. The van der Waals surface area contributed by atoms with Crippen molar-refractivity contribution < 1.29 is 18.8 Å². The minimum atomic E-state index is -0.478. The maximum atomic E-state index is 12.9. The Hall–Kier alpha value is -2.83. The normalized spacial score (nSPS) is 18.4. The van der Waals surface area contributed by atoms with E-state index in [9.17, 15) is 9.59 Å². The van der Waals surface area contributed by atoms with Crippen LogP contribution in [0.15, 0.2) is 28.8 Å². The lowest BCUT2D eigenvalue weighted by atomic mass is 9.90. The van der Waals surface area contributed by atoms with Crippen molar-refractivity contribution >= 4 is 11.8 Å². The number of carbonyl (C=O) groups excluding carboxylic acids is 2. The summed E-state index contributed by atoms with van der Waals surface area (Å²) in [4.78, 5) is 28.8. The number of fused-ring (bicyclic) bond motifs is 1. The molecule has 148 valence electrons. The molecule has 0 aliphatic carbocycles. The SMILES string of the molecule is CC(=O)N1Cc2ccccc2OC2(CCN(C(=O)c3c(C)noc3C)CC2)C1. The monoisotopic (exact) mass is 383 g/mol. The highest BCUT2D eigenvalue weighted by molar-refractivity contribution is 5.96. The van der Waals surface area contributed by atoms with Crippen LogP contribution in [0.2, 0.25) is 0 Å². The fraction of sp³-hybridized carbons (Fsp3) is 0.476. The molecule has 2 aliphatic heterocycles. The quantitative estimate of drug-likeness (QED) is 0.757. The van der Waals surface area contributed by atoms with Gasteiger partial charge in [-0.15, -0.1) is 0 Å². The number of para-hydroxylation sites is 1. The maximum absolute atomic E-state index is 12.9. The van der Waals surface area contributed by atoms with E-state index in [2.05, 4.69) is 5.16 Å². The predicted molar refractivity (Wildman–Crippen MR) is 102 cm³/mol. The van der Waals surface area contributed by atoms with Crippen LogP contribution in [0, 0.1) is 13.8 Å². The van der Waals surface area contributed by atoms with Crippen molar-refractivity contribution in [2.24, 2.45) is 0 Å². The fourth-order valence-corrected chi connectivity index (χ4v) is 4.16. The molecule has 28 heavy (non-hydrogen) atoms. The molecule has 4 rings (SSSR count). The van der Waals surface area contributed by atoms with Crippen molar-refractivity contribution in [1.82, 2.24) is 15.0 Å². The van der Waals surface area contributed by atoms with Crippen molar-refractivity contribution in [2.45, 2.75) is 45.8 Å². The number of nitrogens with zero attached hydrogens (tertiary/aromatic N) is 3. The highest BCUT2D eigenvalue weighted by atomic mass is 16.5. The van der Waals surface area contributed by atoms with Gasteiger partial charge in [0.25, 0.3) is 5.91 Å². The minimum absolute atomic E-state index is 0.0360. The molecule has 0 N–H and O–H groups in total. The number of hydrogen-bond donors (Lipinski definition) is 0. The standard InChI is InChI=1S/C21H25N3O4/c1-14-19(15(2)28-22-14)20(26)23-10-8-21(9-11-23)13-24(16(3)25)12-17-6-4-5-7-18(17)27-21/h4-7H,8-13H2,1-3H3. The fourth-order valence-electron chi connectivity index (χ4n) is 4.16. The third-order valence-corrected chi connectivity index (χ3v) is 5.79. The molecule has 2 amide bonds. The average Bonchev–Trinajstić information content (AvgIpc) is 2.91. The summed E-state index contributed by atoms with van der Waals surface area (Å²) < 4.78 is 11.6. The van der Waals surface area contributed by atoms with Crippen molar-refractivity contribution in [2.75, 3.05) is 19.6 Å². The van der Waals surface area contributed by atoms with Gasteiger partial charge in [-0.05, 0) is 19.9 Å². The van der Waals surface area contributed by atoms with Gasteiger partial charge in [0.15, 0.2) is 0 Å². The zero-order valence-electron chi connectivity index (χ0n) is 16.5. The van der Waals surface area contributed by atoms with Crippen molar-refractivity contribution in [1.29, 1.82) is 0 Å². The first-order valence-electron chi connectivity index (χ1n) is 9.63. The van der Waals surface area contributed by atoms with Crippen molar-refractivity contribution in [3.05, 3.63) is 46.8 Å². The van der Waals surface area contributed by atoms with Gasteiger partial charge in [0.1, 0.15) is 22.7 Å². The van der Waals surface area contributed by atoms with E-state index < -0.39 is 5.60 Å². The maximum Gasteiger partial charge on any atom is 0.259 e. The van der Waals surface area contributed by atoms with Crippen LogP contribution in [0.3, 0.4) is 0 Å². The number of aromatic nitrogens is 1. The van der Waals surface area contributed by atoms with Gasteiger partial charge in [-0.2, -0.15) is 0 Å². The number of ether oxygens (including phenoxy) is 1. The molecule has 3 heterocycles. The number of benzene rings is 1. The molecular formula is C21H25N3O4. The number of piperidine rings is 1. The first-order valence-corrected chi connectivity index (χ1v) is 9.63. The van der Waals surface area contributed by atoms with Crippen LogP contribution in [0.25, 0.3) is 0 Å². The Morgan fingerprint density at radius 1 is 1.11 bits per heavy atom. The lowest BCUT2D eigenvalue weighted by Crippen LogP contribution is -2.55. The number of aryl methyl sites for hydroxylation is 2. The Morgan fingerprint density at radius 2 is 1.82 bits per heavy atom. The Kier molecular flexibility index (Phi) is 4.61.